The number of benzene rings is 2. The maximum absolute atomic E-state index is 13.3. The van der Waals surface area contributed by atoms with Crippen molar-refractivity contribution in [1.82, 2.24) is 4.90 Å². The van der Waals surface area contributed by atoms with E-state index in [4.69, 9.17) is 19.6 Å². The summed E-state index contributed by atoms with van der Waals surface area (Å²) in [5.74, 6) is 2.07. The van der Waals surface area contributed by atoms with Crippen LogP contribution >= 0.6 is 11.8 Å². The second-order valence-corrected chi connectivity index (χ2v) is 11.8. The third kappa shape index (κ3) is 7.34. The molecule has 0 spiro atoms. The van der Waals surface area contributed by atoms with Crippen molar-refractivity contribution in [3.63, 3.8) is 0 Å². The van der Waals surface area contributed by atoms with Crippen LogP contribution in [0.5, 0.6) is 11.5 Å². The molecule has 3 N–H and O–H groups in total. The molecule has 1 fully saturated rings. The molecule has 0 bridgehead atoms. The van der Waals surface area contributed by atoms with E-state index in [0.717, 1.165) is 36.7 Å². The summed E-state index contributed by atoms with van der Waals surface area (Å²) in [6.45, 7) is 6.74. The molecule has 4 rings (SSSR count). The lowest BCUT2D eigenvalue weighted by atomic mass is 10.1. The summed E-state index contributed by atoms with van der Waals surface area (Å²) in [6, 6.07) is 12.4. The Balaban J connectivity index is 1.36. The Bertz CT molecular complexity index is 1170. The predicted octanol–water partition coefficient (Wildman–Crippen LogP) is 4.19. The fourth-order valence-corrected chi connectivity index (χ4v) is 5.58. The van der Waals surface area contributed by atoms with E-state index in [1.807, 2.05) is 38.1 Å². The van der Waals surface area contributed by atoms with Gasteiger partial charge < -0.3 is 14.8 Å². The van der Waals surface area contributed by atoms with Crippen molar-refractivity contribution in [2.45, 2.75) is 49.9 Å². The van der Waals surface area contributed by atoms with E-state index in [0.29, 0.717) is 36.1 Å². The number of nitrogens with two attached hydrogens (primary N) is 1. The number of aliphatic imine (C=N–C) groups is 1. The van der Waals surface area contributed by atoms with Gasteiger partial charge in [0.15, 0.2) is 5.17 Å². The standard InChI is InChI=1S/C25H33FN4O4S2/c1-17(2)34-24-8-7-21(36(27,31)32)15-22(24)28-25-29-23(16-35-25)18-3-5-20(6-4-18)33-14-13-30-11-9-19(26)10-12-30/h3-8,15,17,19,23H,9-14,16H2,1-2H3,(H,28,29)(H2,27,31,32). The topological polar surface area (TPSA) is 106 Å². The van der Waals surface area contributed by atoms with E-state index in [1.165, 1.54) is 12.1 Å². The first-order valence-electron chi connectivity index (χ1n) is 12.1. The van der Waals surface area contributed by atoms with Gasteiger partial charge in [-0.2, -0.15) is 0 Å². The van der Waals surface area contributed by atoms with Crippen LogP contribution in [0.3, 0.4) is 0 Å². The van der Waals surface area contributed by atoms with Crippen molar-refractivity contribution in [3.8, 4) is 11.5 Å². The van der Waals surface area contributed by atoms with Gasteiger partial charge in [-0.1, -0.05) is 23.9 Å². The van der Waals surface area contributed by atoms with Crippen LogP contribution in [-0.4, -0.2) is 62.8 Å². The van der Waals surface area contributed by atoms with Crippen LogP contribution in [-0.2, 0) is 10.0 Å². The number of sulfonamides is 1. The molecule has 36 heavy (non-hydrogen) atoms. The normalized spacial score (nSPS) is 19.4. The first-order chi connectivity index (χ1) is 17.2. The van der Waals surface area contributed by atoms with Crippen molar-refractivity contribution >= 4 is 32.6 Å². The number of rotatable bonds is 9. The molecule has 8 nitrogen and oxygen atoms in total. The molecule has 11 heteroatoms. The number of thioether (sulfide) groups is 1. The van der Waals surface area contributed by atoms with Gasteiger partial charge in [0.25, 0.3) is 0 Å². The Kier molecular flexibility index (Phi) is 8.76. The summed E-state index contributed by atoms with van der Waals surface area (Å²) in [5, 5.41) is 9.20. The molecule has 2 aliphatic rings. The lowest BCUT2D eigenvalue weighted by Gasteiger charge is -2.28. The Morgan fingerprint density at radius 1 is 1.19 bits per heavy atom. The Labute approximate surface area is 216 Å². The molecular weight excluding hydrogens is 503 g/mol. The fourth-order valence-electron chi connectivity index (χ4n) is 4.07. The molecule has 1 saturated heterocycles. The minimum absolute atomic E-state index is 0.00346. The number of nitrogens with one attached hydrogen (secondary N) is 1. The van der Waals surface area contributed by atoms with Gasteiger partial charge in [-0.15, -0.1) is 0 Å². The number of likely N-dealkylation sites (tertiary alicyclic amines) is 1. The monoisotopic (exact) mass is 536 g/mol. The minimum atomic E-state index is -3.85. The largest absolute Gasteiger partial charge is 0.492 e. The average molecular weight is 537 g/mol. The Morgan fingerprint density at radius 3 is 2.58 bits per heavy atom. The van der Waals surface area contributed by atoms with E-state index in [-0.39, 0.29) is 17.0 Å². The van der Waals surface area contributed by atoms with Crippen LogP contribution in [0.15, 0.2) is 52.4 Å². The highest BCUT2D eigenvalue weighted by Gasteiger charge is 2.22. The number of halogens is 1. The second kappa shape index (κ2) is 11.8. The van der Waals surface area contributed by atoms with Gasteiger partial charge in [-0.3, -0.25) is 9.89 Å². The molecule has 2 aromatic rings. The number of hydrogen-bond donors (Lipinski definition) is 2. The molecule has 0 saturated carbocycles. The maximum atomic E-state index is 13.3. The number of primary sulfonamides is 1. The summed E-state index contributed by atoms with van der Waals surface area (Å²) in [7, 11) is -3.85. The molecule has 0 radical (unpaired) electrons. The number of anilines is 1. The summed E-state index contributed by atoms with van der Waals surface area (Å²) < 4.78 is 48.6. The van der Waals surface area contributed by atoms with Gasteiger partial charge in [0.05, 0.1) is 22.7 Å². The van der Waals surface area contributed by atoms with Crippen LogP contribution in [0.2, 0.25) is 0 Å². The van der Waals surface area contributed by atoms with Crippen LogP contribution in [0, 0.1) is 0 Å². The molecule has 0 amide bonds. The SMILES string of the molecule is CC(C)Oc1ccc(S(N)(=O)=O)cc1NC1=NC(c2ccc(OCCN3CCC(F)CC3)cc2)CS1. The highest BCUT2D eigenvalue weighted by molar-refractivity contribution is 8.14. The molecule has 2 aliphatic heterocycles. The maximum Gasteiger partial charge on any atom is 0.238 e. The number of nitrogens with zero attached hydrogens (tertiary/aromatic N) is 2. The first-order valence-corrected chi connectivity index (χ1v) is 14.6. The van der Waals surface area contributed by atoms with E-state index < -0.39 is 16.2 Å². The summed E-state index contributed by atoms with van der Waals surface area (Å²) >= 11 is 1.55. The number of hydrogen-bond acceptors (Lipinski definition) is 8. The minimum Gasteiger partial charge on any atom is -0.492 e. The van der Waals surface area contributed by atoms with Gasteiger partial charge in [0, 0.05) is 25.4 Å². The van der Waals surface area contributed by atoms with Gasteiger partial charge in [-0.05, 0) is 62.6 Å². The molecule has 1 atom stereocenters. The van der Waals surface area contributed by atoms with Crippen molar-refractivity contribution in [2.24, 2.45) is 10.1 Å². The highest BCUT2D eigenvalue weighted by atomic mass is 32.2. The summed E-state index contributed by atoms with van der Waals surface area (Å²) in [4.78, 5) is 7.02. The van der Waals surface area contributed by atoms with Gasteiger partial charge in [-0.25, -0.2) is 17.9 Å². The van der Waals surface area contributed by atoms with Crippen molar-refractivity contribution in [3.05, 3.63) is 48.0 Å². The molecule has 2 aromatic carbocycles. The van der Waals surface area contributed by atoms with Gasteiger partial charge in [0.1, 0.15) is 24.3 Å². The fraction of sp³-hybridized carbons (Fsp3) is 0.480. The van der Waals surface area contributed by atoms with Crippen LogP contribution in [0.4, 0.5) is 10.1 Å². The van der Waals surface area contributed by atoms with Gasteiger partial charge >= 0.3 is 0 Å². The van der Waals surface area contributed by atoms with Crippen LogP contribution in [0.25, 0.3) is 0 Å². The molecule has 1 unspecified atom stereocenters. The molecular formula is C25H33FN4O4S2. The summed E-state index contributed by atoms with van der Waals surface area (Å²) in [6.07, 6.45) is 0.467. The predicted molar refractivity (Wildman–Crippen MR) is 142 cm³/mol. The first kappa shape index (κ1) is 26.7. The Morgan fingerprint density at radius 2 is 1.92 bits per heavy atom. The van der Waals surface area contributed by atoms with E-state index in [1.54, 1.807) is 17.8 Å². The molecule has 0 aromatic heterocycles. The molecule has 0 aliphatic carbocycles. The van der Waals surface area contributed by atoms with Crippen molar-refractivity contribution in [1.29, 1.82) is 0 Å². The van der Waals surface area contributed by atoms with Crippen LogP contribution in [0.1, 0.15) is 38.3 Å². The smallest absolute Gasteiger partial charge is 0.238 e. The van der Waals surface area contributed by atoms with Crippen molar-refractivity contribution in [2.75, 3.05) is 37.3 Å². The zero-order valence-electron chi connectivity index (χ0n) is 20.5. The van der Waals surface area contributed by atoms with Gasteiger partial charge in [0.2, 0.25) is 10.0 Å². The number of amidine groups is 1. The quantitative estimate of drug-likeness (QED) is 0.495. The third-order valence-electron chi connectivity index (χ3n) is 5.99. The zero-order chi connectivity index (χ0) is 25.7. The van der Waals surface area contributed by atoms with E-state index in [9.17, 15) is 12.8 Å². The van der Waals surface area contributed by atoms with E-state index >= 15 is 0 Å². The van der Waals surface area contributed by atoms with Crippen molar-refractivity contribution < 1.29 is 22.3 Å². The molecule has 2 heterocycles. The second-order valence-electron chi connectivity index (χ2n) is 9.19. The third-order valence-corrected chi connectivity index (χ3v) is 7.87. The Hall–Kier alpha value is -2.34. The average Bonchev–Trinajstić information content (AvgIpc) is 3.29. The number of piperidine rings is 1. The zero-order valence-corrected chi connectivity index (χ0v) is 22.2. The number of ether oxygens (including phenoxy) is 2. The van der Waals surface area contributed by atoms with Crippen LogP contribution < -0.4 is 19.9 Å². The number of alkyl halides is 1. The lowest BCUT2D eigenvalue weighted by molar-refractivity contribution is 0.132. The molecule has 196 valence electrons. The summed E-state index contributed by atoms with van der Waals surface area (Å²) in [5.41, 5.74) is 1.57. The van der Waals surface area contributed by atoms with E-state index in [2.05, 4.69) is 10.2 Å². The lowest BCUT2D eigenvalue weighted by Crippen LogP contribution is -2.37. The highest BCUT2D eigenvalue weighted by Crippen LogP contribution is 2.35.